The largest absolute Gasteiger partial charge is 0.360 e. The summed E-state index contributed by atoms with van der Waals surface area (Å²) in [6, 6.07) is 0. The summed E-state index contributed by atoms with van der Waals surface area (Å²) in [4.78, 5) is 4.55. The summed E-state index contributed by atoms with van der Waals surface area (Å²) in [5.41, 5.74) is 0.196. The van der Waals surface area contributed by atoms with E-state index in [1.54, 1.807) is 0 Å². The van der Waals surface area contributed by atoms with E-state index in [4.69, 9.17) is 0 Å². The maximum Gasteiger partial charge on any atom is 0.156 e. The summed E-state index contributed by atoms with van der Waals surface area (Å²) >= 11 is 1.86. The molecule has 2 nitrogen and oxygen atoms in total. The maximum absolute atomic E-state index is 4.55. The lowest BCUT2D eigenvalue weighted by atomic mass is 10.00. The highest BCUT2D eigenvalue weighted by atomic mass is 32.2. The standard InChI is InChI=1S/C11H22N2S/c1-5-6-11(3,4)13-10-12-7-9(2)8-14-10/h9H,5-8H2,1-4H3,(H,12,13). The molecule has 1 N–H and O–H groups in total. The molecule has 1 aliphatic heterocycles. The van der Waals surface area contributed by atoms with E-state index in [0.717, 1.165) is 17.6 Å². The van der Waals surface area contributed by atoms with Crippen LogP contribution in [0.25, 0.3) is 0 Å². The minimum atomic E-state index is 0.196. The summed E-state index contributed by atoms with van der Waals surface area (Å²) < 4.78 is 0. The van der Waals surface area contributed by atoms with Crippen LogP contribution in [-0.4, -0.2) is 23.0 Å². The fraction of sp³-hybridized carbons (Fsp3) is 0.909. The van der Waals surface area contributed by atoms with Crippen molar-refractivity contribution in [3.8, 4) is 0 Å². The van der Waals surface area contributed by atoms with Crippen molar-refractivity contribution in [3.63, 3.8) is 0 Å². The van der Waals surface area contributed by atoms with Crippen molar-refractivity contribution in [1.82, 2.24) is 5.32 Å². The van der Waals surface area contributed by atoms with Crippen molar-refractivity contribution in [3.05, 3.63) is 0 Å². The molecule has 1 rings (SSSR count). The second kappa shape index (κ2) is 5.06. The molecule has 0 aromatic carbocycles. The molecule has 0 aromatic heterocycles. The molecule has 0 amide bonds. The molecule has 1 atom stereocenters. The summed E-state index contributed by atoms with van der Waals surface area (Å²) in [7, 11) is 0. The molecule has 0 aliphatic carbocycles. The second-order valence-electron chi connectivity index (χ2n) is 4.82. The van der Waals surface area contributed by atoms with Crippen molar-refractivity contribution in [2.75, 3.05) is 12.3 Å². The van der Waals surface area contributed by atoms with E-state index in [-0.39, 0.29) is 5.54 Å². The minimum absolute atomic E-state index is 0.196. The van der Waals surface area contributed by atoms with Gasteiger partial charge in [0.15, 0.2) is 5.17 Å². The molecule has 0 saturated carbocycles. The normalized spacial score (nSPS) is 23.1. The lowest BCUT2D eigenvalue weighted by Crippen LogP contribution is -2.43. The van der Waals surface area contributed by atoms with Crippen LogP contribution in [0.5, 0.6) is 0 Å². The van der Waals surface area contributed by atoms with Crippen LogP contribution in [0.1, 0.15) is 40.5 Å². The number of rotatable bonds is 3. The van der Waals surface area contributed by atoms with E-state index in [1.807, 2.05) is 11.8 Å². The third-order valence-electron chi connectivity index (χ3n) is 2.37. The van der Waals surface area contributed by atoms with Gasteiger partial charge in [0.25, 0.3) is 0 Å². The smallest absolute Gasteiger partial charge is 0.156 e. The predicted octanol–water partition coefficient (Wildman–Crippen LogP) is 2.89. The van der Waals surface area contributed by atoms with Gasteiger partial charge in [-0.2, -0.15) is 0 Å². The van der Waals surface area contributed by atoms with E-state index >= 15 is 0 Å². The number of nitrogens with zero attached hydrogens (tertiary/aromatic N) is 1. The molecule has 0 spiro atoms. The van der Waals surface area contributed by atoms with E-state index in [0.29, 0.717) is 0 Å². The first-order valence-corrected chi connectivity index (χ1v) is 6.47. The number of nitrogens with one attached hydrogen (secondary N) is 1. The van der Waals surface area contributed by atoms with Crippen LogP contribution in [0.15, 0.2) is 4.99 Å². The van der Waals surface area contributed by atoms with Gasteiger partial charge in [-0.15, -0.1) is 0 Å². The summed E-state index contributed by atoms with van der Waals surface area (Å²) in [6.07, 6.45) is 2.41. The number of aliphatic imine (C=N–C) groups is 1. The molecule has 1 unspecified atom stereocenters. The first-order valence-electron chi connectivity index (χ1n) is 5.49. The quantitative estimate of drug-likeness (QED) is 0.781. The van der Waals surface area contributed by atoms with Gasteiger partial charge >= 0.3 is 0 Å². The number of hydrogen-bond acceptors (Lipinski definition) is 3. The summed E-state index contributed by atoms with van der Waals surface area (Å²) in [5, 5.41) is 4.67. The van der Waals surface area contributed by atoms with Crippen molar-refractivity contribution in [2.45, 2.75) is 46.1 Å². The Kier molecular flexibility index (Phi) is 4.30. The molecule has 14 heavy (non-hydrogen) atoms. The fourth-order valence-electron chi connectivity index (χ4n) is 1.61. The van der Waals surface area contributed by atoms with Gasteiger partial charge in [0, 0.05) is 17.8 Å². The van der Waals surface area contributed by atoms with Gasteiger partial charge in [-0.05, 0) is 26.2 Å². The highest BCUT2D eigenvalue weighted by molar-refractivity contribution is 8.13. The van der Waals surface area contributed by atoms with Crippen LogP contribution >= 0.6 is 11.8 Å². The Morgan fingerprint density at radius 3 is 2.79 bits per heavy atom. The Balaban J connectivity index is 2.44. The van der Waals surface area contributed by atoms with E-state index in [1.165, 1.54) is 18.6 Å². The van der Waals surface area contributed by atoms with E-state index in [9.17, 15) is 0 Å². The monoisotopic (exact) mass is 214 g/mol. The van der Waals surface area contributed by atoms with Gasteiger partial charge in [0.2, 0.25) is 0 Å². The lowest BCUT2D eigenvalue weighted by molar-refractivity contribution is 0.422. The zero-order valence-electron chi connectivity index (χ0n) is 9.76. The molecule has 1 aliphatic rings. The van der Waals surface area contributed by atoms with Crippen molar-refractivity contribution >= 4 is 16.9 Å². The minimum Gasteiger partial charge on any atom is -0.360 e. The van der Waals surface area contributed by atoms with Crippen molar-refractivity contribution < 1.29 is 0 Å². The molecule has 0 aromatic rings. The molecule has 0 saturated heterocycles. The Morgan fingerprint density at radius 2 is 2.29 bits per heavy atom. The second-order valence-corrected chi connectivity index (χ2v) is 5.83. The van der Waals surface area contributed by atoms with Gasteiger partial charge in [-0.25, -0.2) is 0 Å². The van der Waals surface area contributed by atoms with Gasteiger partial charge in [0.05, 0.1) is 0 Å². The highest BCUT2D eigenvalue weighted by Gasteiger charge is 2.20. The predicted molar refractivity (Wildman–Crippen MR) is 66.0 cm³/mol. The van der Waals surface area contributed by atoms with Gasteiger partial charge in [-0.3, -0.25) is 4.99 Å². The first kappa shape index (κ1) is 11.9. The Morgan fingerprint density at radius 1 is 1.57 bits per heavy atom. The molecular weight excluding hydrogens is 192 g/mol. The van der Waals surface area contributed by atoms with Crippen LogP contribution in [0.2, 0.25) is 0 Å². The number of amidine groups is 1. The van der Waals surface area contributed by atoms with Crippen LogP contribution in [-0.2, 0) is 0 Å². The fourth-order valence-corrected chi connectivity index (χ4v) is 2.67. The average Bonchev–Trinajstić information content (AvgIpc) is 2.08. The van der Waals surface area contributed by atoms with Crippen molar-refractivity contribution in [1.29, 1.82) is 0 Å². The molecular formula is C11H22N2S. The molecule has 0 bridgehead atoms. The first-order chi connectivity index (χ1) is 6.53. The third kappa shape index (κ3) is 3.91. The van der Waals surface area contributed by atoms with Crippen molar-refractivity contribution in [2.24, 2.45) is 10.9 Å². The molecule has 3 heteroatoms. The number of thioether (sulfide) groups is 1. The number of hydrogen-bond donors (Lipinski definition) is 1. The molecule has 1 heterocycles. The topological polar surface area (TPSA) is 24.4 Å². The van der Waals surface area contributed by atoms with Gasteiger partial charge in [-0.1, -0.05) is 32.0 Å². The summed E-state index contributed by atoms with van der Waals surface area (Å²) in [5.74, 6) is 1.94. The van der Waals surface area contributed by atoms with Crippen LogP contribution < -0.4 is 5.32 Å². The Hall–Kier alpha value is -0.180. The van der Waals surface area contributed by atoms with Crippen LogP contribution in [0.4, 0.5) is 0 Å². The SMILES string of the molecule is CCCC(C)(C)NC1=NCC(C)CS1. The zero-order chi connectivity index (χ0) is 10.6. The third-order valence-corrected chi connectivity index (χ3v) is 3.61. The Bertz CT molecular complexity index is 211. The summed E-state index contributed by atoms with van der Waals surface area (Å²) in [6.45, 7) is 9.96. The Labute approximate surface area is 92.0 Å². The van der Waals surface area contributed by atoms with Crippen LogP contribution in [0.3, 0.4) is 0 Å². The van der Waals surface area contributed by atoms with E-state index in [2.05, 4.69) is 38.0 Å². The van der Waals surface area contributed by atoms with Crippen LogP contribution in [0, 0.1) is 5.92 Å². The molecule has 0 radical (unpaired) electrons. The lowest BCUT2D eigenvalue weighted by Gasteiger charge is -2.29. The average molecular weight is 214 g/mol. The van der Waals surface area contributed by atoms with Gasteiger partial charge in [0.1, 0.15) is 0 Å². The van der Waals surface area contributed by atoms with E-state index < -0.39 is 0 Å². The van der Waals surface area contributed by atoms with Gasteiger partial charge < -0.3 is 5.32 Å². The molecule has 82 valence electrons. The zero-order valence-corrected chi connectivity index (χ0v) is 10.6. The highest BCUT2D eigenvalue weighted by Crippen LogP contribution is 2.19. The molecule has 0 fully saturated rings. The maximum atomic E-state index is 4.55.